The third kappa shape index (κ3) is 1.43. The number of amides is 1. The van der Waals surface area contributed by atoms with Crippen molar-refractivity contribution in [2.45, 2.75) is 6.92 Å². The van der Waals surface area contributed by atoms with E-state index in [1.165, 1.54) is 6.20 Å². The van der Waals surface area contributed by atoms with E-state index in [0.29, 0.717) is 11.3 Å². The summed E-state index contributed by atoms with van der Waals surface area (Å²) in [5.41, 5.74) is 11.2. The van der Waals surface area contributed by atoms with Gasteiger partial charge in [0.15, 0.2) is 0 Å². The lowest BCUT2D eigenvalue weighted by atomic mass is 10.2. The van der Waals surface area contributed by atoms with Gasteiger partial charge in [-0.2, -0.15) is 0 Å². The number of primary amides is 1. The van der Waals surface area contributed by atoms with E-state index in [0.717, 1.165) is 0 Å². The lowest BCUT2D eigenvalue weighted by Gasteiger charge is -1.93. The zero-order chi connectivity index (χ0) is 8.43. The average Bonchev–Trinajstić information content (AvgIpc) is 1.85. The highest BCUT2D eigenvalue weighted by molar-refractivity contribution is 5.93. The van der Waals surface area contributed by atoms with Crippen LogP contribution in [0.1, 0.15) is 16.1 Å². The molecule has 11 heavy (non-hydrogen) atoms. The van der Waals surface area contributed by atoms with Crippen molar-refractivity contribution >= 4 is 11.9 Å². The topological polar surface area (TPSA) is 96.1 Å². The summed E-state index contributed by atoms with van der Waals surface area (Å²) in [6.45, 7) is 1.67. The number of carbonyl (C=O) groups is 1. The van der Waals surface area contributed by atoms with E-state index in [9.17, 15) is 4.79 Å². The van der Waals surface area contributed by atoms with Gasteiger partial charge in [-0.15, -0.1) is 0 Å². The van der Waals surface area contributed by atoms with E-state index in [2.05, 4.69) is 9.97 Å². The summed E-state index contributed by atoms with van der Waals surface area (Å²) in [7, 11) is 0. The first-order chi connectivity index (χ1) is 5.11. The Labute approximate surface area is 63.4 Å². The number of H-pyrrole nitrogens is 1. The molecular weight excluding hydrogens is 144 g/mol. The van der Waals surface area contributed by atoms with Crippen LogP contribution < -0.4 is 16.5 Å². The normalized spacial score (nSPS) is 9.55. The first kappa shape index (κ1) is 7.46. The van der Waals surface area contributed by atoms with Crippen molar-refractivity contribution < 1.29 is 9.78 Å². The van der Waals surface area contributed by atoms with Gasteiger partial charge in [-0.05, 0) is 6.92 Å². The molecule has 0 radical (unpaired) electrons. The molecule has 0 saturated heterocycles. The predicted octanol–water partition coefficient (Wildman–Crippen LogP) is -1.11. The van der Waals surface area contributed by atoms with Crippen LogP contribution in [0.25, 0.3) is 0 Å². The van der Waals surface area contributed by atoms with Crippen LogP contribution in [0.4, 0.5) is 5.95 Å². The van der Waals surface area contributed by atoms with E-state index < -0.39 is 5.91 Å². The molecule has 0 aromatic carbocycles. The maximum Gasteiger partial charge on any atom is 0.387 e. The van der Waals surface area contributed by atoms with Crippen molar-refractivity contribution in [1.29, 1.82) is 0 Å². The Morgan fingerprint density at radius 2 is 2.36 bits per heavy atom. The summed E-state index contributed by atoms with van der Waals surface area (Å²) in [4.78, 5) is 17.1. The molecule has 0 fully saturated rings. The monoisotopic (exact) mass is 153 g/mol. The minimum absolute atomic E-state index is 0.271. The first-order valence-corrected chi connectivity index (χ1v) is 3.06. The van der Waals surface area contributed by atoms with Crippen molar-refractivity contribution in [3.63, 3.8) is 0 Å². The highest BCUT2D eigenvalue weighted by Gasteiger charge is 2.10. The van der Waals surface area contributed by atoms with Crippen molar-refractivity contribution in [2.24, 2.45) is 5.73 Å². The molecular formula is C6H9N4O+. The number of hydrogen-bond acceptors (Lipinski definition) is 3. The molecule has 0 spiro atoms. The molecule has 58 valence electrons. The van der Waals surface area contributed by atoms with Crippen LogP contribution >= 0.6 is 0 Å². The lowest BCUT2D eigenvalue weighted by molar-refractivity contribution is -0.364. The number of nitrogens with two attached hydrogens (primary N) is 2. The van der Waals surface area contributed by atoms with Gasteiger partial charge in [-0.25, -0.2) is 4.98 Å². The van der Waals surface area contributed by atoms with Crippen LogP contribution in [0, 0.1) is 6.92 Å². The maximum absolute atomic E-state index is 10.7. The SMILES string of the molecule is Cc1nc(N)[nH+]cc1C(N)=O. The minimum Gasteiger partial charge on any atom is -0.365 e. The molecule has 0 aliphatic carbocycles. The minimum atomic E-state index is -0.508. The molecule has 0 aliphatic heterocycles. The van der Waals surface area contributed by atoms with E-state index in [1.807, 2.05) is 0 Å². The van der Waals surface area contributed by atoms with Crippen LogP contribution in [-0.2, 0) is 0 Å². The number of rotatable bonds is 1. The fourth-order valence-electron chi connectivity index (χ4n) is 0.773. The van der Waals surface area contributed by atoms with E-state index >= 15 is 0 Å². The van der Waals surface area contributed by atoms with Gasteiger partial charge in [0.1, 0.15) is 11.3 Å². The van der Waals surface area contributed by atoms with Crippen molar-refractivity contribution in [2.75, 3.05) is 5.73 Å². The molecule has 1 aromatic heterocycles. The number of aromatic amines is 1. The summed E-state index contributed by atoms with van der Waals surface area (Å²) >= 11 is 0. The summed E-state index contributed by atoms with van der Waals surface area (Å²) in [5, 5.41) is 0. The van der Waals surface area contributed by atoms with Crippen LogP contribution in [0.15, 0.2) is 6.20 Å². The standard InChI is InChI=1S/C6H8N4O/c1-3-4(5(7)11)2-9-6(8)10-3/h2H,1H3,(H2,7,11)(H2,8,9,10)/p+1. The maximum atomic E-state index is 10.7. The fraction of sp³-hybridized carbons (Fsp3) is 0.167. The lowest BCUT2D eigenvalue weighted by Crippen LogP contribution is -2.21. The van der Waals surface area contributed by atoms with Gasteiger partial charge in [0.2, 0.25) is 0 Å². The fourth-order valence-corrected chi connectivity index (χ4v) is 0.773. The van der Waals surface area contributed by atoms with Crippen molar-refractivity contribution in [1.82, 2.24) is 4.98 Å². The van der Waals surface area contributed by atoms with Crippen LogP contribution in [0.5, 0.6) is 0 Å². The van der Waals surface area contributed by atoms with E-state index in [-0.39, 0.29) is 5.95 Å². The summed E-state index contributed by atoms with van der Waals surface area (Å²) < 4.78 is 0. The third-order valence-electron chi connectivity index (χ3n) is 1.31. The van der Waals surface area contributed by atoms with Crippen LogP contribution in [-0.4, -0.2) is 10.9 Å². The molecule has 0 unspecified atom stereocenters. The predicted molar refractivity (Wildman–Crippen MR) is 38.5 cm³/mol. The number of hydrogen-bond donors (Lipinski definition) is 2. The van der Waals surface area contributed by atoms with E-state index in [4.69, 9.17) is 11.5 Å². The Bertz CT molecular complexity index is 297. The largest absolute Gasteiger partial charge is 0.387 e. The molecule has 1 rings (SSSR count). The highest BCUT2D eigenvalue weighted by atomic mass is 16.1. The smallest absolute Gasteiger partial charge is 0.365 e. The zero-order valence-electron chi connectivity index (χ0n) is 6.09. The molecule has 1 amide bonds. The van der Waals surface area contributed by atoms with Gasteiger partial charge in [-0.1, -0.05) is 4.98 Å². The quantitative estimate of drug-likeness (QED) is 0.535. The molecule has 0 saturated carbocycles. The van der Waals surface area contributed by atoms with Gasteiger partial charge >= 0.3 is 5.95 Å². The van der Waals surface area contributed by atoms with Crippen molar-refractivity contribution in [3.05, 3.63) is 17.5 Å². The second kappa shape index (κ2) is 2.53. The molecule has 0 aliphatic rings. The molecule has 5 nitrogen and oxygen atoms in total. The number of nitrogen functional groups attached to an aromatic ring is 1. The summed E-state index contributed by atoms with van der Waals surface area (Å²) in [6.07, 6.45) is 1.44. The average molecular weight is 153 g/mol. The number of anilines is 1. The van der Waals surface area contributed by atoms with Gasteiger partial charge in [0.25, 0.3) is 5.91 Å². The van der Waals surface area contributed by atoms with Crippen LogP contribution in [0.3, 0.4) is 0 Å². The number of nitrogens with zero attached hydrogens (tertiary/aromatic N) is 1. The second-order valence-corrected chi connectivity index (χ2v) is 2.15. The highest BCUT2D eigenvalue weighted by Crippen LogP contribution is 1.99. The molecule has 1 heterocycles. The Kier molecular flexibility index (Phi) is 1.72. The second-order valence-electron chi connectivity index (χ2n) is 2.15. The van der Waals surface area contributed by atoms with E-state index in [1.54, 1.807) is 6.92 Å². The Hall–Kier alpha value is -1.65. The Balaban J connectivity index is 3.20. The Morgan fingerprint density at radius 1 is 1.73 bits per heavy atom. The molecule has 5 heteroatoms. The molecule has 5 N–H and O–H groups in total. The molecule has 0 bridgehead atoms. The van der Waals surface area contributed by atoms with Gasteiger partial charge < -0.3 is 5.73 Å². The molecule has 1 aromatic rings. The first-order valence-electron chi connectivity index (χ1n) is 3.06. The summed E-state index contributed by atoms with van der Waals surface area (Å²) in [5.74, 6) is -0.237. The number of nitrogens with one attached hydrogen (secondary N) is 1. The van der Waals surface area contributed by atoms with Gasteiger partial charge in [0.05, 0.1) is 6.20 Å². The number of aromatic nitrogens is 2. The van der Waals surface area contributed by atoms with Crippen molar-refractivity contribution in [3.8, 4) is 0 Å². The zero-order valence-corrected chi connectivity index (χ0v) is 6.09. The number of carbonyl (C=O) groups excluding carboxylic acids is 1. The van der Waals surface area contributed by atoms with Gasteiger partial charge in [-0.3, -0.25) is 10.5 Å². The van der Waals surface area contributed by atoms with Gasteiger partial charge in [0, 0.05) is 0 Å². The van der Waals surface area contributed by atoms with Crippen LogP contribution in [0.2, 0.25) is 0 Å². The third-order valence-corrected chi connectivity index (χ3v) is 1.31. The molecule has 0 atom stereocenters. The Morgan fingerprint density at radius 3 is 2.82 bits per heavy atom. The summed E-state index contributed by atoms with van der Waals surface area (Å²) in [6, 6.07) is 0. The number of aryl methyl sites for hydroxylation is 1.